The zero-order valence-electron chi connectivity index (χ0n) is 6.59. The Morgan fingerprint density at radius 2 is 1.22 bits per heavy atom. The summed E-state index contributed by atoms with van der Waals surface area (Å²) in [6.07, 6.45) is 0. The fourth-order valence-corrected chi connectivity index (χ4v) is 0.596. The number of hydrogen-bond donors (Lipinski definition) is 0. The van der Waals surface area contributed by atoms with E-state index in [1.165, 1.54) is 0 Å². The molecule has 54 valence electrons. The van der Waals surface area contributed by atoms with E-state index in [9.17, 15) is 0 Å². The Morgan fingerprint density at radius 1 is 1.00 bits per heavy atom. The molecule has 0 rings (SSSR count). The maximum Gasteiger partial charge on any atom is 0.183 e. The molecule has 2 radical (unpaired) electrons. The summed E-state index contributed by atoms with van der Waals surface area (Å²) in [6.45, 7) is 8.33. The minimum absolute atomic E-state index is 0. The van der Waals surface area contributed by atoms with Gasteiger partial charge in [0.2, 0.25) is 0 Å². The number of halogens is 1. The molecule has 0 aromatic carbocycles. The van der Waals surface area contributed by atoms with Gasteiger partial charge in [0, 0.05) is 0 Å². The first-order valence-electron chi connectivity index (χ1n) is 3.08. The van der Waals surface area contributed by atoms with E-state index >= 15 is 0 Å². The predicted molar refractivity (Wildman–Crippen MR) is 48.2 cm³/mol. The van der Waals surface area contributed by atoms with Crippen LogP contribution in [0.3, 0.4) is 0 Å². The Morgan fingerprint density at radius 3 is 1.22 bits per heavy atom. The smallest absolute Gasteiger partial charge is 0.183 e. The predicted octanol–water partition coefficient (Wildman–Crippen LogP) is 1.77. The zero-order chi connectivity index (χ0) is 6.73. The van der Waals surface area contributed by atoms with Crippen LogP contribution in [-0.2, 0) is 0 Å². The molecule has 0 saturated carbocycles. The van der Waals surface area contributed by atoms with Gasteiger partial charge in [-0.3, -0.25) is 0 Å². The van der Waals surface area contributed by atoms with Crippen molar-refractivity contribution in [2.45, 2.75) is 39.8 Å². The van der Waals surface area contributed by atoms with Gasteiger partial charge in [-0.2, -0.15) is 0 Å². The van der Waals surface area contributed by atoms with Gasteiger partial charge in [-0.05, 0) is 12.1 Å². The van der Waals surface area contributed by atoms with E-state index < -0.39 is 0 Å². The second-order valence-electron chi connectivity index (χ2n) is 2.63. The summed E-state index contributed by atoms with van der Waals surface area (Å²) in [5, 5.41) is 0. The Hall–Kier alpha value is 0.505. The number of nitrogens with zero attached hydrogens (tertiary/aromatic N) is 1. The lowest BCUT2D eigenvalue weighted by atomic mass is 10.1. The lowest BCUT2D eigenvalue weighted by Crippen LogP contribution is -2.34. The van der Waals surface area contributed by atoms with E-state index in [0.717, 1.165) is 0 Å². The molecule has 0 heterocycles. The fourth-order valence-electron chi connectivity index (χ4n) is 0.596. The monoisotopic (exact) mass is 191 g/mol. The quantitative estimate of drug-likeness (QED) is 0.602. The average Bonchev–Trinajstić information content (AvgIpc) is 1.64. The third kappa shape index (κ3) is 4.98. The van der Waals surface area contributed by atoms with Gasteiger partial charge in [-0.15, -0.1) is 17.0 Å². The van der Waals surface area contributed by atoms with Gasteiger partial charge < -0.3 is 4.81 Å². The highest BCUT2D eigenvalue weighted by molar-refractivity contribution is 8.93. The SMILES string of the molecule is Br.[B]N(C(C)C)C(C)C. The zero-order valence-corrected chi connectivity index (χ0v) is 8.30. The minimum Gasteiger partial charge on any atom is -0.349 e. The van der Waals surface area contributed by atoms with Crippen LogP contribution < -0.4 is 0 Å². The summed E-state index contributed by atoms with van der Waals surface area (Å²) in [6, 6.07) is 0.907. The Labute approximate surface area is 70.0 Å². The van der Waals surface area contributed by atoms with Gasteiger partial charge in [0.25, 0.3) is 0 Å². The van der Waals surface area contributed by atoms with Crippen molar-refractivity contribution in [3.05, 3.63) is 0 Å². The molecular weight excluding hydrogens is 177 g/mol. The highest BCUT2D eigenvalue weighted by Gasteiger charge is 2.04. The maximum absolute atomic E-state index is 5.59. The summed E-state index contributed by atoms with van der Waals surface area (Å²) >= 11 is 0. The third-order valence-electron chi connectivity index (χ3n) is 1.19. The van der Waals surface area contributed by atoms with Crippen molar-refractivity contribution in [2.24, 2.45) is 0 Å². The average molecular weight is 192 g/mol. The largest absolute Gasteiger partial charge is 0.349 e. The van der Waals surface area contributed by atoms with E-state index in [1.807, 2.05) is 4.81 Å². The first-order valence-corrected chi connectivity index (χ1v) is 3.08. The standard InChI is InChI=1S/C6H14BN.BrH/c1-5(2)8(7)6(3)4;/h5-6H,1-4H3;1H. The molecular formula is C6H15BBrN. The molecule has 0 amide bonds. The highest BCUT2D eigenvalue weighted by Crippen LogP contribution is 1.97. The summed E-state index contributed by atoms with van der Waals surface area (Å²) in [7, 11) is 5.59. The third-order valence-corrected chi connectivity index (χ3v) is 1.19. The Balaban J connectivity index is 0. The summed E-state index contributed by atoms with van der Waals surface area (Å²) in [5.74, 6) is 0. The van der Waals surface area contributed by atoms with Crippen LogP contribution in [-0.4, -0.2) is 24.9 Å². The molecule has 9 heavy (non-hydrogen) atoms. The van der Waals surface area contributed by atoms with Crippen LogP contribution in [0, 0.1) is 0 Å². The van der Waals surface area contributed by atoms with Crippen LogP contribution >= 0.6 is 17.0 Å². The lowest BCUT2D eigenvalue weighted by Gasteiger charge is -2.25. The van der Waals surface area contributed by atoms with Crippen LogP contribution in [0.4, 0.5) is 0 Å². The van der Waals surface area contributed by atoms with Crippen molar-refractivity contribution in [1.82, 2.24) is 4.81 Å². The molecule has 0 bridgehead atoms. The molecule has 3 heteroatoms. The molecule has 0 saturated heterocycles. The van der Waals surface area contributed by atoms with E-state index in [2.05, 4.69) is 27.7 Å². The normalized spacial score (nSPS) is 10.6. The molecule has 0 N–H and O–H groups in total. The number of rotatable bonds is 2. The van der Waals surface area contributed by atoms with Crippen LogP contribution in [0.2, 0.25) is 0 Å². The van der Waals surface area contributed by atoms with Crippen molar-refractivity contribution < 1.29 is 0 Å². The molecule has 0 aliphatic rings. The van der Waals surface area contributed by atoms with Crippen molar-refractivity contribution in [1.29, 1.82) is 0 Å². The topological polar surface area (TPSA) is 3.24 Å². The highest BCUT2D eigenvalue weighted by atomic mass is 79.9. The summed E-state index contributed by atoms with van der Waals surface area (Å²) < 4.78 is 0. The van der Waals surface area contributed by atoms with Crippen molar-refractivity contribution >= 4 is 25.0 Å². The summed E-state index contributed by atoms with van der Waals surface area (Å²) in [5.41, 5.74) is 0. The molecule has 0 fully saturated rings. The van der Waals surface area contributed by atoms with Crippen molar-refractivity contribution in [3.63, 3.8) is 0 Å². The van der Waals surface area contributed by atoms with Gasteiger partial charge >= 0.3 is 0 Å². The van der Waals surface area contributed by atoms with Gasteiger partial charge in [-0.25, -0.2) is 0 Å². The lowest BCUT2D eigenvalue weighted by molar-refractivity contribution is 0.320. The fraction of sp³-hybridized carbons (Fsp3) is 1.00. The van der Waals surface area contributed by atoms with Crippen molar-refractivity contribution in [3.8, 4) is 0 Å². The molecule has 1 nitrogen and oxygen atoms in total. The van der Waals surface area contributed by atoms with Crippen LogP contribution in [0.25, 0.3) is 0 Å². The maximum atomic E-state index is 5.59. The van der Waals surface area contributed by atoms with Crippen molar-refractivity contribution in [2.75, 3.05) is 0 Å². The molecule has 0 aromatic rings. The van der Waals surface area contributed by atoms with Gasteiger partial charge in [0.1, 0.15) is 0 Å². The van der Waals surface area contributed by atoms with E-state index in [4.69, 9.17) is 7.98 Å². The van der Waals surface area contributed by atoms with Crippen LogP contribution in [0.15, 0.2) is 0 Å². The van der Waals surface area contributed by atoms with E-state index in [0.29, 0.717) is 12.1 Å². The molecule has 0 atom stereocenters. The second kappa shape index (κ2) is 5.30. The minimum atomic E-state index is 0. The van der Waals surface area contributed by atoms with Crippen LogP contribution in [0.5, 0.6) is 0 Å². The molecule has 0 spiro atoms. The van der Waals surface area contributed by atoms with Gasteiger partial charge in [0.15, 0.2) is 7.98 Å². The molecule has 0 aliphatic heterocycles. The van der Waals surface area contributed by atoms with Gasteiger partial charge in [0.05, 0.1) is 0 Å². The summed E-state index contributed by atoms with van der Waals surface area (Å²) in [4.78, 5) is 1.83. The van der Waals surface area contributed by atoms with E-state index in [1.54, 1.807) is 0 Å². The van der Waals surface area contributed by atoms with E-state index in [-0.39, 0.29) is 17.0 Å². The first-order chi connectivity index (χ1) is 3.55. The van der Waals surface area contributed by atoms with Crippen LogP contribution in [0.1, 0.15) is 27.7 Å². The molecule has 0 aliphatic carbocycles. The Kier molecular flexibility index (Phi) is 7.19. The van der Waals surface area contributed by atoms with Gasteiger partial charge in [-0.1, -0.05) is 27.7 Å². The Bertz CT molecular complexity index is 58.1. The second-order valence-corrected chi connectivity index (χ2v) is 2.63. The number of hydrogen-bond acceptors (Lipinski definition) is 1. The first kappa shape index (κ1) is 12.2. The molecule has 0 aromatic heterocycles. The molecule has 0 unspecified atom stereocenters.